The summed E-state index contributed by atoms with van der Waals surface area (Å²) >= 11 is 13.4. The van der Waals surface area contributed by atoms with Crippen molar-refractivity contribution >= 4 is 65.9 Å². The zero-order chi connectivity index (χ0) is 28.3. The van der Waals surface area contributed by atoms with Crippen LogP contribution in [0.5, 0.6) is 11.5 Å². The van der Waals surface area contributed by atoms with Crippen molar-refractivity contribution in [3.63, 3.8) is 0 Å². The van der Waals surface area contributed by atoms with Crippen molar-refractivity contribution in [1.29, 1.82) is 0 Å². The van der Waals surface area contributed by atoms with Gasteiger partial charge in [0.2, 0.25) is 0 Å². The standard InChI is InChI=1S/C24H21Cl2N3O8S2/c1-5-10-27-14-9-8-13-20(24(14)39(32,33)35-4)37-22-16(26)17-21(15(25)18(22)29-13)36-19-12(28-17)7-6-11(2)23(19)38(30,31)34-3/h6-9,28H,5,10H2,1-4H3. The van der Waals surface area contributed by atoms with Crippen LogP contribution in [0.1, 0.15) is 18.9 Å². The van der Waals surface area contributed by atoms with E-state index in [4.69, 9.17) is 40.7 Å². The number of anilines is 2. The SMILES string of the molecule is CCCN=c1ccc2nc3c(Cl)c4c(c(Cl)c3oc-2c1S(=O)(=O)OC)Nc1ccc(C)c(S(=O)(=O)OC)c1O4. The molecule has 0 saturated carbocycles. The summed E-state index contributed by atoms with van der Waals surface area (Å²) in [7, 11) is -6.35. The van der Waals surface area contributed by atoms with Gasteiger partial charge in [0.15, 0.2) is 27.7 Å². The lowest BCUT2D eigenvalue weighted by Gasteiger charge is -2.26. The number of hydrogen-bond donors (Lipinski definition) is 1. The maximum absolute atomic E-state index is 12.9. The van der Waals surface area contributed by atoms with Gasteiger partial charge in [-0.1, -0.05) is 36.2 Å². The van der Waals surface area contributed by atoms with Crippen LogP contribution >= 0.6 is 23.2 Å². The Kier molecular flexibility index (Phi) is 7.02. The van der Waals surface area contributed by atoms with Gasteiger partial charge in [-0.05, 0) is 37.1 Å². The zero-order valence-corrected chi connectivity index (χ0v) is 24.1. The van der Waals surface area contributed by atoms with E-state index in [1.54, 1.807) is 19.1 Å². The lowest BCUT2D eigenvalue weighted by atomic mass is 10.1. The number of aryl methyl sites for hydroxylation is 1. The predicted octanol–water partition coefficient (Wildman–Crippen LogP) is 5.38. The summed E-state index contributed by atoms with van der Waals surface area (Å²) in [5.74, 6) is -0.155. The third-order valence-corrected chi connectivity index (χ3v) is 9.48. The third kappa shape index (κ3) is 4.42. The molecule has 0 radical (unpaired) electrons. The van der Waals surface area contributed by atoms with Crippen LogP contribution in [-0.2, 0) is 28.6 Å². The highest BCUT2D eigenvalue weighted by Crippen LogP contribution is 2.54. The normalized spacial score (nSPS) is 13.7. The Bertz CT molecular complexity index is 1920. The van der Waals surface area contributed by atoms with E-state index in [2.05, 4.69) is 15.3 Å². The second-order valence-corrected chi connectivity index (χ2v) is 12.5. The summed E-state index contributed by atoms with van der Waals surface area (Å²) in [5, 5.41) is 3.11. The molecule has 206 valence electrons. The molecule has 0 aromatic heterocycles. The molecule has 1 aliphatic carbocycles. The Hall–Kier alpha value is -2.94. The predicted molar refractivity (Wildman–Crippen MR) is 144 cm³/mol. The summed E-state index contributed by atoms with van der Waals surface area (Å²) in [6.07, 6.45) is 0.686. The smallest absolute Gasteiger partial charge is 0.302 e. The highest BCUT2D eigenvalue weighted by molar-refractivity contribution is 7.87. The van der Waals surface area contributed by atoms with Crippen molar-refractivity contribution in [2.24, 2.45) is 4.99 Å². The van der Waals surface area contributed by atoms with Crippen LogP contribution in [0.25, 0.3) is 22.6 Å². The summed E-state index contributed by atoms with van der Waals surface area (Å²) < 4.78 is 72.7. The molecule has 0 spiro atoms. The van der Waals surface area contributed by atoms with Crippen LogP contribution in [0, 0.1) is 6.92 Å². The zero-order valence-electron chi connectivity index (χ0n) is 21.0. The molecule has 15 heteroatoms. The van der Waals surface area contributed by atoms with Crippen LogP contribution in [0.2, 0.25) is 10.0 Å². The van der Waals surface area contributed by atoms with E-state index in [1.165, 1.54) is 12.1 Å². The lowest BCUT2D eigenvalue weighted by Crippen LogP contribution is -2.19. The average molecular weight is 614 g/mol. The van der Waals surface area contributed by atoms with E-state index in [0.29, 0.717) is 18.5 Å². The first-order chi connectivity index (χ1) is 18.4. The number of nitrogens with one attached hydrogen (secondary N) is 1. The number of aromatic nitrogens is 1. The van der Waals surface area contributed by atoms with Crippen molar-refractivity contribution in [3.05, 3.63) is 45.2 Å². The number of hydrogen-bond acceptors (Lipinski definition) is 11. The summed E-state index contributed by atoms with van der Waals surface area (Å²) in [6.45, 7) is 3.88. The van der Waals surface area contributed by atoms with Gasteiger partial charge in [-0.2, -0.15) is 16.8 Å². The van der Waals surface area contributed by atoms with Crippen LogP contribution in [0.3, 0.4) is 0 Å². The molecule has 39 heavy (non-hydrogen) atoms. The highest BCUT2D eigenvalue weighted by Gasteiger charge is 2.34. The Balaban J connectivity index is 1.82. The minimum absolute atomic E-state index is 0.00109. The van der Waals surface area contributed by atoms with E-state index in [-0.39, 0.29) is 70.6 Å². The molecule has 0 amide bonds. The van der Waals surface area contributed by atoms with Gasteiger partial charge >= 0.3 is 20.2 Å². The molecule has 2 aromatic carbocycles. The third-order valence-electron chi connectivity index (χ3n) is 5.99. The van der Waals surface area contributed by atoms with Gasteiger partial charge in [0.05, 0.1) is 25.3 Å². The first-order valence-electron chi connectivity index (χ1n) is 11.4. The number of halogens is 2. The lowest BCUT2D eigenvalue weighted by molar-refractivity contribution is 0.390. The molecule has 0 unspecified atom stereocenters. The Morgan fingerprint density at radius 1 is 0.974 bits per heavy atom. The summed E-state index contributed by atoms with van der Waals surface area (Å²) in [4.78, 5) is 8.39. The molecule has 5 rings (SSSR count). The fraction of sp³-hybridized carbons (Fsp3) is 0.250. The fourth-order valence-corrected chi connectivity index (χ4v) is 6.62. The van der Waals surface area contributed by atoms with E-state index < -0.39 is 20.2 Å². The van der Waals surface area contributed by atoms with E-state index in [0.717, 1.165) is 14.2 Å². The quantitative estimate of drug-likeness (QED) is 0.195. The molecule has 11 nitrogen and oxygen atoms in total. The topological polar surface area (TPSA) is 146 Å². The molecule has 2 heterocycles. The van der Waals surface area contributed by atoms with Crippen molar-refractivity contribution in [2.75, 3.05) is 26.1 Å². The number of rotatable bonds is 6. The van der Waals surface area contributed by atoms with Crippen molar-refractivity contribution in [1.82, 2.24) is 4.98 Å². The van der Waals surface area contributed by atoms with Crippen molar-refractivity contribution in [3.8, 4) is 23.0 Å². The van der Waals surface area contributed by atoms with Gasteiger partial charge in [0.25, 0.3) is 0 Å². The molecule has 2 aliphatic heterocycles. The molecule has 0 fully saturated rings. The van der Waals surface area contributed by atoms with Gasteiger partial charge in [-0.25, -0.2) is 4.98 Å². The molecule has 3 aliphatic rings. The van der Waals surface area contributed by atoms with Gasteiger partial charge in [0.1, 0.15) is 31.8 Å². The van der Waals surface area contributed by atoms with Crippen molar-refractivity contribution < 1.29 is 34.4 Å². The van der Waals surface area contributed by atoms with Crippen LogP contribution in [-0.4, -0.2) is 42.6 Å². The highest BCUT2D eigenvalue weighted by atomic mass is 35.5. The van der Waals surface area contributed by atoms with E-state index in [9.17, 15) is 16.8 Å². The van der Waals surface area contributed by atoms with E-state index >= 15 is 0 Å². The van der Waals surface area contributed by atoms with Gasteiger partial charge in [-0.15, -0.1) is 0 Å². The summed E-state index contributed by atoms with van der Waals surface area (Å²) in [5.41, 5.74) is 0.982. The summed E-state index contributed by atoms with van der Waals surface area (Å²) in [6, 6.07) is 6.21. The number of ether oxygens (including phenoxy) is 1. The first-order valence-corrected chi connectivity index (χ1v) is 15.0. The number of nitrogens with zero attached hydrogens (tertiary/aromatic N) is 2. The Morgan fingerprint density at radius 3 is 2.33 bits per heavy atom. The molecular formula is C24H21Cl2N3O8S2. The minimum atomic E-state index is -4.27. The largest absolute Gasteiger partial charge is 0.450 e. The number of fused-ring (bicyclic) bond motifs is 4. The molecular weight excluding hydrogens is 593 g/mol. The molecule has 0 saturated heterocycles. The first kappa shape index (κ1) is 27.6. The van der Waals surface area contributed by atoms with Crippen LogP contribution in [0.15, 0.2) is 43.5 Å². The Morgan fingerprint density at radius 2 is 1.67 bits per heavy atom. The fourth-order valence-electron chi connectivity index (χ4n) is 4.16. The van der Waals surface area contributed by atoms with Gasteiger partial charge < -0.3 is 14.5 Å². The molecule has 2 aromatic rings. The average Bonchev–Trinajstić information content (AvgIpc) is 2.92. The second-order valence-electron chi connectivity index (χ2n) is 8.42. The molecule has 0 atom stereocenters. The molecule has 1 N–H and O–H groups in total. The number of benzene rings is 3. The second kappa shape index (κ2) is 9.91. The maximum Gasteiger partial charge on any atom is 0.302 e. The van der Waals surface area contributed by atoms with Crippen LogP contribution in [0.4, 0.5) is 11.4 Å². The van der Waals surface area contributed by atoms with Gasteiger partial charge in [-0.3, -0.25) is 13.4 Å². The van der Waals surface area contributed by atoms with E-state index in [1.807, 2.05) is 6.92 Å². The Labute approximate surface area is 233 Å². The minimum Gasteiger partial charge on any atom is -0.450 e. The van der Waals surface area contributed by atoms with Crippen LogP contribution < -0.4 is 15.4 Å². The monoisotopic (exact) mass is 613 g/mol. The van der Waals surface area contributed by atoms with Crippen molar-refractivity contribution in [2.45, 2.75) is 30.1 Å². The molecule has 0 bridgehead atoms. The maximum atomic E-state index is 12.9. The van der Waals surface area contributed by atoms with Gasteiger partial charge in [0, 0.05) is 6.54 Å².